The zero-order valence-corrected chi connectivity index (χ0v) is 10.2. The summed E-state index contributed by atoms with van der Waals surface area (Å²) in [6.45, 7) is 1.12. The van der Waals surface area contributed by atoms with Crippen LogP contribution in [-0.4, -0.2) is 19.4 Å². The van der Waals surface area contributed by atoms with E-state index in [1.165, 1.54) is 11.3 Å². The molecule has 1 aromatic rings. The summed E-state index contributed by atoms with van der Waals surface area (Å²) < 4.78 is 0. The molecule has 0 amide bonds. The van der Waals surface area contributed by atoms with Crippen molar-refractivity contribution in [3.63, 3.8) is 0 Å². The Labute approximate surface area is 92.8 Å². The molecular formula is C10H13BrClN. The number of halogens is 2. The zero-order chi connectivity index (χ0) is 9.84. The summed E-state index contributed by atoms with van der Waals surface area (Å²) in [7, 11) is 2.11. The van der Waals surface area contributed by atoms with Crippen molar-refractivity contribution in [1.29, 1.82) is 0 Å². The SMILES string of the molecule is CBr.CN1CCc2cc(Cl)ccc21. The normalized spacial score (nSPS) is 13.4. The van der Waals surface area contributed by atoms with Crippen LogP contribution in [0.1, 0.15) is 5.56 Å². The molecule has 0 aromatic heterocycles. The Morgan fingerprint density at radius 1 is 1.38 bits per heavy atom. The summed E-state index contributed by atoms with van der Waals surface area (Å²) in [5.74, 6) is 1.81. The second-order valence-electron chi connectivity index (χ2n) is 2.94. The lowest BCUT2D eigenvalue weighted by Gasteiger charge is -2.10. The summed E-state index contributed by atoms with van der Waals surface area (Å²) in [6, 6.07) is 6.09. The van der Waals surface area contributed by atoms with E-state index in [1.54, 1.807) is 0 Å². The quantitative estimate of drug-likeness (QED) is 0.648. The van der Waals surface area contributed by atoms with E-state index in [9.17, 15) is 0 Å². The van der Waals surface area contributed by atoms with Crippen LogP contribution in [0.15, 0.2) is 18.2 Å². The van der Waals surface area contributed by atoms with Crippen LogP contribution in [0, 0.1) is 0 Å². The fourth-order valence-electron chi connectivity index (χ4n) is 1.54. The number of likely N-dealkylation sites (N-methyl/N-ethyl adjacent to an activating group) is 1. The average molecular weight is 263 g/mol. The maximum absolute atomic E-state index is 5.85. The minimum absolute atomic E-state index is 0.846. The molecule has 1 aliphatic heterocycles. The smallest absolute Gasteiger partial charge is 0.0410 e. The summed E-state index contributed by atoms with van der Waals surface area (Å²) >= 11 is 8.79. The summed E-state index contributed by atoms with van der Waals surface area (Å²) in [5.41, 5.74) is 2.70. The van der Waals surface area contributed by atoms with Crippen LogP contribution in [-0.2, 0) is 6.42 Å². The highest BCUT2D eigenvalue weighted by molar-refractivity contribution is 9.08. The molecule has 1 aromatic carbocycles. The van der Waals surface area contributed by atoms with Crippen molar-refractivity contribution in [2.45, 2.75) is 6.42 Å². The van der Waals surface area contributed by atoms with Gasteiger partial charge in [0.05, 0.1) is 0 Å². The molecule has 0 aliphatic carbocycles. The average Bonchev–Trinajstić information content (AvgIpc) is 2.51. The van der Waals surface area contributed by atoms with Crippen LogP contribution in [0.4, 0.5) is 5.69 Å². The highest BCUT2D eigenvalue weighted by Gasteiger charge is 2.14. The molecule has 3 heteroatoms. The van der Waals surface area contributed by atoms with Crippen molar-refractivity contribution in [3.05, 3.63) is 28.8 Å². The van der Waals surface area contributed by atoms with Crippen molar-refractivity contribution in [3.8, 4) is 0 Å². The Bertz CT molecular complexity index is 288. The van der Waals surface area contributed by atoms with Crippen LogP contribution in [0.3, 0.4) is 0 Å². The molecule has 0 saturated carbocycles. The highest BCUT2D eigenvalue weighted by Crippen LogP contribution is 2.28. The molecule has 0 spiro atoms. The first-order valence-corrected chi connectivity index (χ1v) is 6.11. The highest BCUT2D eigenvalue weighted by atomic mass is 79.9. The lowest BCUT2D eigenvalue weighted by molar-refractivity contribution is 0.956. The Morgan fingerprint density at radius 3 is 2.77 bits per heavy atom. The third kappa shape index (κ3) is 2.38. The van der Waals surface area contributed by atoms with Crippen molar-refractivity contribution in [2.75, 3.05) is 24.3 Å². The van der Waals surface area contributed by atoms with Crippen molar-refractivity contribution in [1.82, 2.24) is 0 Å². The Kier molecular flexibility index (Phi) is 4.07. The van der Waals surface area contributed by atoms with Crippen LogP contribution in [0.25, 0.3) is 0 Å². The second kappa shape index (κ2) is 4.87. The van der Waals surface area contributed by atoms with Gasteiger partial charge in [-0.25, -0.2) is 0 Å². The van der Waals surface area contributed by atoms with E-state index in [2.05, 4.69) is 40.0 Å². The van der Waals surface area contributed by atoms with Crippen LogP contribution in [0.5, 0.6) is 0 Å². The van der Waals surface area contributed by atoms with Gasteiger partial charge >= 0.3 is 0 Å². The first-order valence-electron chi connectivity index (χ1n) is 4.15. The number of alkyl halides is 1. The van der Waals surface area contributed by atoms with E-state index in [0.717, 1.165) is 18.0 Å². The number of hydrogen-bond donors (Lipinski definition) is 0. The van der Waals surface area contributed by atoms with Gasteiger partial charge in [-0.15, -0.1) is 0 Å². The van der Waals surface area contributed by atoms with Crippen molar-refractivity contribution in [2.24, 2.45) is 0 Å². The molecule has 72 valence electrons. The molecule has 0 atom stereocenters. The number of hydrogen-bond acceptors (Lipinski definition) is 1. The molecule has 0 bridgehead atoms. The van der Waals surface area contributed by atoms with Gasteiger partial charge in [-0.2, -0.15) is 0 Å². The van der Waals surface area contributed by atoms with Crippen molar-refractivity contribution < 1.29 is 0 Å². The molecule has 1 heterocycles. The lowest BCUT2D eigenvalue weighted by Crippen LogP contribution is -2.12. The first kappa shape index (κ1) is 10.9. The fraction of sp³-hybridized carbons (Fsp3) is 0.400. The lowest BCUT2D eigenvalue weighted by atomic mass is 10.2. The Balaban J connectivity index is 0.000000396. The van der Waals surface area contributed by atoms with Gasteiger partial charge < -0.3 is 4.90 Å². The molecule has 1 aliphatic rings. The van der Waals surface area contributed by atoms with Gasteiger partial charge in [-0.3, -0.25) is 0 Å². The molecule has 13 heavy (non-hydrogen) atoms. The molecule has 0 fully saturated rings. The Hall–Kier alpha value is -0.210. The third-order valence-corrected chi connectivity index (χ3v) is 2.40. The van der Waals surface area contributed by atoms with Gasteiger partial charge in [0, 0.05) is 24.3 Å². The summed E-state index contributed by atoms with van der Waals surface area (Å²) in [5, 5.41) is 0.846. The fourth-order valence-corrected chi connectivity index (χ4v) is 1.73. The van der Waals surface area contributed by atoms with E-state index in [1.807, 2.05) is 11.9 Å². The predicted octanol–water partition coefficient (Wildman–Crippen LogP) is 3.34. The number of nitrogens with zero attached hydrogens (tertiary/aromatic N) is 1. The minimum Gasteiger partial charge on any atom is -0.374 e. The van der Waals surface area contributed by atoms with Gasteiger partial charge in [0.15, 0.2) is 0 Å². The van der Waals surface area contributed by atoms with Gasteiger partial charge in [0.2, 0.25) is 0 Å². The monoisotopic (exact) mass is 261 g/mol. The van der Waals surface area contributed by atoms with Gasteiger partial charge in [0.1, 0.15) is 0 Å². The van der Waals surface area contributed by atoms with E-state index in [-0.39, 0.29) is 0 Å². The standard InChI is InChI=1S/C9H10ClN.CH3Br/c1-11-5-4-7-6-8(10)2-3-9(7)11;1-2/h2-3,6H,4-5H2,1H3;1H3. The van der Waals surface area contributed by atoms with Crippen LogP contribution < -0.4 is 4.90 Å². The molecule has 0 unspecified atom stereocenters. The summed E-state index contributed by atoms with van der Waals surface area (Å²) in [4.78, 5) is 2.26. The first-order chi connectivity index (χ1) is 6.27. The van der Waals surface area contributed by atoms with E-state index in [0.29, 0.717) is 0 Å². The van der Waals surface area contributed by atoms with Crippen LogP contribution >= 0.6 is 27.5 Å². The van der Waals surface area contributed by atoms with Crippen molar-refractivity contribution >= 4 is 33.2 Å². The number of rotatable bonds is 0. The van der Waals surface area contributed by atoms with E-state index < -0.39 is 0 Å². The van der Waals surface area contributed by atoms with Crippen LogP contribution in [0.2, 0.25) is 5.02 Å². The Morgan fingerprint density at radius 2 is 2.08 bits per heavy atom. The largest absolute Gasteiger partial charge is 0.374 e. The topological polar surface area (TPSA) is 3.24 Å². The molecular weight excluding hydrogens is 249 g/mol. The third-order valence-electron chi connectivity index (χ3n) is 2.17. The molecule has 2 rings (SSSR count). The number of anilines is 1. The predicted molar refractivity (Wildman–Crippen MR) is 63.3 cm³/mol. The number of fused-ring (bicyclic) bond motifs is 1. The maximum Gasteiger partial charge on any atom is 0.0410 e. The minimum atomic E-state index is 0.846. The second-order valence-corrected chi connectivity index (χ2v) is 3.38. The maximum atomic E-state index is 5.85. The van der Waals surface area contributed by atoms with E-state index in [4.69, 9.17) is 11.6 Å². The summed E-state index contributed by atoms with van der Waals surface area (Å²) in [6.07, 6.45) is 1.13. The molecule has 0 N–H and O–H groups in total. The van der Waals surface area contributed by atoms with E-state index >= 15 is 0 Å². The molecule has 0 saturated heterocycles. The zero-order valence-electron chi connectivity index (χ0n) is 7.85. The van der Waals surface area contributed by atoms with Gasteiger partial charge in [0.25, 0.3) is 0 Å². The molecule has 0 radical (unpaired) electrons. The van der Waals surface area contributed by atoms with Gasteiger partial charge in [-0.1, -0.05) is 27.5 Å². The van der Waals surface area contributed by atoms with Gasteiger partial charge in [-0.05, 0) is 36.0 Å². The molecule has 1 nitrogen and oxygen atoms in total. The number of benzene rings is 1.